The topological polar surface area (TPSA) is 54.9 Å². The van der Waals surface area contributed by atoms with E-state index in [1.165, 1.54) is 0 Å². The molecule has 6 heteroatoms. The van der Waals surface area contributed by atoms with Crippen LogP contribution in [-0.2, 0) is 16.0 Å². The summed E-state index contributed by atoms with van der Waals surface area (Å²) in [5.74, 6) is 0.780. The van der Waals surface area contributed by atoms with Gasteiger partial charge in [-0.1, -0.05) is 23.7 Å². The highest BCUT2D eigenvalue weighted by Crippen LogP contribution is 2.09. The highest BCUT2D eigenvalue weighted by molar-refractivity contribution is 6.30. The third-order valence-electron chi connectivity index (χ3n) is 2.65. The highest BCUT2D eigenvalue weighted by Gasteiger charge is 1.97. The van der Waals surface area contributed by atoms with Crippen LogP contribution >= 0.6 is 11.6 Å². The molecule has 0 fully saturated rings. The molecule has 0 bridgehead atoms. The van der Waals surface area contributed by atoms with Gasteiger partial charge in [0.2, 0.25) is 0 Å². The smallest absolute Gasteiger partial charge is 0.191 e. The molecule has 1 aromatic carbocycles. The first-order chi connectivity index (χ1) is 10.3. The minimum atomic E-state index is 0.608. The number of rotatable bonds is 9. The molecule has 1 rings (SSSR count). The number of ether oxygens (including phenoxy) is 2. The standard InChI is InChI=1S/C15H24ClN3O2/c1-3-17-15(18-8-9-21-11-10-20-2)19-12-13-4-6-14(16)7-5-13/h4-7H,3,8-12H2,1-2H3,(H2,17,18,19). The summed E-state index contributed by atoms with van der Waals surface area (Å²) in [5.41, 5.74) is 1.12. The lowest BCUT2D eigenvalue weighted by Crippen LogP contribution is -2.39. The molecule has 118 valence electrons. The summed E-state index contributed by atoms with van der Waals surface area (Å²) in [5, 5.41) is 7.16. The van der Waals surface area contributed by atoms with Crippen LogP contribution in [-0.4, -0.2) is 46.0 Å². The Bertz CT molecular complexity index is 410. The zero-order valence-electron chi connectivity index (χ0n) is 12.7. The molecule has 0 radical (unpaired) electrons. The monoisotopic (exact) mass is 313 g/mol. The number of nitrogens with one attached hydrogen (secondary N) is 2. The molecule has 0 amide bonds. The molecule has 2 N–H and O–H groups in total. The van der Waals surface area contributed by atoms with Gasteiger partial charge in [-0.05, 0) is 24.6 Å². The van der Waals surface area contributed by atoms with Gasteiger partial charge in [-0.2, -0.15) is 0 Å². The number of methoxy groups -OCH3 is 1. The van der Waals surface area contributed by atoms with Crippen LogP contribution in [0.1, 0.15) is 12.5 Å². The Morgan fingerprint density at radius 2 is 1.90 bits per heavy atom. The number of hydrogen-bond donors (Lipinski definition) is 2. The average Bonchev–Trinajstić information content (AvgIpc) is 2.49. The van der Waals surface area contributed by atoms with Gasteiger partial charge < -0.3 is 20.1 Å². The van der Waals surface area contributed by atoms with E-state index >= 15 is 0 Å². The van der Waals surface area contributed by atoms with Crippen LogP contribution in [0.2, 0.25) is 5.02 Å². The zero-order valence-corrected chi connectivity index (χ0v) is 13.4. The van der Waals surface area contributed by atoms with Gasteiger partial charge in [-0.3, -0.25) is 0 Å². The van der Waals surface area contributed by atoms with E-state index in [2.05, 4.69) is 15.6 Å². The van der Waals surface area contributed by atoms with Gasteiger partial charge in [0.15, 0.2) is 5.96 Å². The normalized spacial score (nSPS) is 11.5. The van der Waals surface area contributed by atoms with E-state index in [9.17, 15) is 0 Å². The van der Waals surface area contributed by atoms with Crippen molar-refractivity contribution in [3.8, 4) is 0 Å². The minimum Gasteiger partial charge on any atom is -0.382 e. The molecular formula is C15H24ClN3O2. The van der Waals surface area contributed by atoms with Crippen molar-refractivity contribution >= 4 is 17.6 Å². The molecule has 1 aromatic rings. The van der Waals surface area contributed by atoms with E-state index in [0.29, 0.717) is 32.9 Å². The minimum absolute atomic E-state index is 0.608. The van der Waals surface area contributed by atoms with Gasteiger partial charge >= 0.3 is 0 Å². The Morgan fingerprint density at radius 1 is 1.14 bits per heavy atom. The summed E-state index contributed by atoms with van der Waals surface area (Å²) in [7, 11) is 1.66. The van der Waals surface area contributed by atoms with E-state index in [1.54, 1.807) is 7.11 Å². The van der Waals surface area contributed by atoms with Gasteiger partial charge in [-0.15, -0.1) is 0 Å². The number of hydrogen-bond acceptors (Lipinski definition) is 3. The lowest BCUT2D eigenvalue weighted by atomic mass is 10.2. The summed E-state index contributed by atoms with van der Waals surface area (Å²) in [6.45, 7) is 6.01. The lowest BCUT2D eigenvalue weighted by Gasteiger charge is -2.11. The van der Waals surface area contributed by atoms with Crippen molar-refractivity contribution in [2.45, 2.75) is 13.5 Å². The number of halogens is 1. The van der Waals surface area contributed by atoms with Gasteiger partial charge in [0.25, 0.3) is 0 Å². The fourth-order valence-corrected chi connectivity index (χ4v) is 1.71. The Morgan fingerprint density at radius 3 is 2.57 bits per heavy atom. The Balaban J connectivity index is 2.33. The van der Waals surface area contributed by atoms with Gasteiger partial charge in [0.05, 0.1) is 26.4 Å². The summed E-state index contributed by atoms with van der Waals surface area (Å²) in [4.78, 5) is 4.52. The fourth-order valence-electron chi connectivity index (χ4n) is 1.59. The predicted octanol–water partition coefficient (Wildman–Crippen LogP) is 2.06. The molecule has 0 atom stereocenters. The van der Waals surface area contributed by atoms with Gasteiger partial charge in [0.1, 0.15) is 0 Å². The van der Waals surface area contributed by atoms with E-state index in [1.807, 2.05) is 31.2 Å². The first kappa shape index (κ1) is 17.8. The van der Waals surface area contributed by atoms with Crippen molar-refractivity contribution in [3.05, 3.63) is 34.9 Å². The van der Waals surface area contributed by atoms with E-state index in [0.717, 1.165) is 23.1 Å². The van der Waals surface area contributed by atoms with Crippen LogP contribution in [0.25, 0.3) is 0 Å². The van der Waals surface area contributed by atoms with E-state index in [4.69, 9.17) is 21.1 Å². The first-order valence-electron chi connectivity index (χ1n) is 7.09. The van der Waals surface area contributed by atoms with Crippen LogP contribution in [0.15, 0.2) is 29.3 Å². The first-order valence-corrected chi connectivity index (χ1v) is 7.47. The fraction of sp³-hybridized carbons (Fsp3) is 0.533. The zero-order chi connectivity index (χ0) is 15.3. The molecule has 0 aromatic heterocycles. The van der Waals surface area contributed by atoms with Crippen molar-refractivity contribution in [2.24, 2.45) is 4.99 Å². The second-order valence-electron chi connectivity index (χ2n) is 4.35. The number of benzene rings is 1. The Kier molecular flexibility index (Phi) is 9.61. The maximum Gasteiger partial charge on any atom is 0.191 e. The predicted molar refractivity (Wildman–Crippen MR) is 87.0 cm³/mol. The average molecular weight is 314 g/mol. The van der Waals surface area contributed by atoms with Crippen LogP contribution in [0.4, 0.5) is 0 Å². The van der Waals surface area contributed by atoms with Crippen molar-refractivity contribution in [1.82, 2.24) is 10.6 Å². The van der Waals surface area contributed by atoms with Crippen molar-refractivity contribution in [1.29, 1.82) is 0 Å². The van der Waals surface area contributed by atoms with Gasteiger partial charge in [-0.25, -0.2) is 4.99 Å². The summed E-state index contributed by atoms with van der Waals surface area (Å²) in [6.07, 6.45) is 0. The highest BCUT2D eigenvalue weighted by atomic mass is 35.5. The number of nitrogens with zero attached hydrogens (tertiary/aromatic N) is 1. The second-order valence-corrected chi connectivity index (χ2v) is 4.79. The molecule has 0 aliphatic carbocycles. The van der Waals surface area contributed by atoms with Crippen LogP contribution in [0, 0.1) is 0 Å². The quantitative estimate of drug-likeness (QED) is 0.416. The van der Waals surface area contributed by atoms with Crippen molar-refractivity contribution in [2.75, 3.05) is 40.0 Å². The SMILES string of the molecule is CCNC(=NCc1ccc(Cl)cc1)NCCOCCOC. The molecular weight excluding hydrogens is 290 g/mol. The number of aliphatic imine (C=N–C) groups is 1. The lowest BCUT2D eigenvalue weighted by molar-refractivity contribution is 0.0733. The maximum absolute atomic E-state index is 5.86. The van der Waals surface area contributed by atoms with Crippen molar-refractivity contribution < 1.29 is 9.47 Å². The Hall–Kier alpha value is -1.30. The maximum atomic E-state index is 5.86. The molecule has 21 heavy (non-hydrogen) atoms. The largest absolute Gasteiger partial charge is 0.382 e. The van der Waals surface area contributed by atoms with E-state index in [-0.39, 0.29) is 0 Å². The third-order valence-corrected chi connectivity index (χ3v) is 2.90. The van der Waals surface area contributed by atoms with Crippen molar-refractivity contribution in [3.63, 3.8) is 0 Å². The summed E-state index contributed by atoms with van der Waals surface area (Å²) in [6, 6.07) is 7.69. The van der Waals surface area contributed by atoms with E-state index < -0.39 is 0 Å². The molecule has 0 unspecified atom stereocenters. The van der Waals surface area contributed by atoms with Crippen LogP contribution in [0.3, 0.4) is 0 Å². The molecule has 0 aliphatic rings. The number of guanidine groups is 1. The molecule has 5 nitrogen and oxygen atoms in total. The molecule has 0 spiro atoms. The van der Waals surface area contributed by atoms with Gasteiger partial charge in [0, 0.05) is 25.2 Å². The molecule has 0 aliphatic heterocycles. The molecule has 0 saturated carbocycles. The Labute approximate surface area is 131 Å². The van der Waals surface area contributed by atoms with Crippen LogP contribution in [0.5, 0.6) is 0 Å². The summed E-state index contributed by atoms with van der Waals surface area (Å²) >= 11 is 5.86. The third kappa shape index (κ3) is 8.55. The second kappa shape index (κ2) is 11.4. The summed E-state index contributed by atoms with van der Waals surface area (Å²) < 4.78 is 10.3. The van der Waals surface area contributed by atoms with Crippen LogP contribution < -0.4 is 10.6 Å². The molecule has 0 saturated heterocycles. The molecule has 0 heterocycles.